The maximum Gasteiger partial charge on any atom is 1.00 e. The van der Waals surface area contributed by atoms with E-state index in [1.165, 1.54) is 0 Å². The molecule has 2 aromatic rings. The molecule has 0 aliphatic carbocycles. The van der Waals surface area contributed by atoms with Crippen molar-refractivity contribution in [2.75, 3.05) is 0 Å². The Morgan fingerprint density at radius 3 is 2.19 bits per heavy atom. The average molecular weight is 251 g/mol. The van der Waals surface area contributed by atoms with Gasteiger partial charge in [-0.2, -0.15) is 5.10 Å². The molecule has 0 unspecified atom stereocenters. The van der Waals surface area contributed by atoms with E-state index in [0.29, 0.717) is 5.69 Å². The molecule has 1 aromatic heterocycles. The Balaban J connectivity index is 0.00000128. The van der Waals surface area contributed by atoms with Crippen LogP contribution in [0.5, 0.6) is 0 Å². The molecule has 8 heteroatoms. The van der Waals surface area contributed by atoms with E-state index < -0.39 is 12.6 Å². The molecule has 0 saturated carbocycles. The quantitative estimate of drug-likeness (QED) is 0.597. The second-order valence-electron chi connectivity index (χ2n) is 3.00. The van der Waals surface area contributed by atoms with Gasteiger partial charge >= 0.3 is 58.4 Å². The Labute approximate surface area is 133 Å². The molecule has 3 nitrogen and oxygen atoms in total. The molecule has 0 aliphatic rings. The summed E-state index contributed by atoms with van der Waals surface area (Å²) < 4.78 is 37.9. The molecule has 1 aromatic carbocycles. The molecular weight excluding hydrogens is 245 g/mol. The Hall–Kier alpha value is -0.149. The van der Waals surface area contributed by atoms with Gasteiger partial charge in [0.1, 0.15) is 0 Å². The predicted molar refractivity (Wildman–Crippen MR) is 50.1 cm³/mol. The van der Waals surface area contributed by atoms with E-state index in [0.717, 1.165) is 10.9 Å². The fraction of sp³-hybridized carbons (Fsp3) is 0. The first-order chi connectivity index (χ1) is 7.07. The maximum atomic E-state index is 12.3. The van der Waals surface area contributed by atoms with Crippen molar-refractivity contribution in [1.29, 1.82) is 0 Å². The van der Waals surface area contributed by atoms with Crippen molar-refractivity contribution < 1.29 is 64.3 Å². The molecule has 0 saturated heterocycles. The summed E-state index contributed by atoms with van der Waals surface area (Å²) in [4.78, 5) is 0. The van der Waals surface area contributed by atoms with Crippen LogP contribution in [0.25, 0.3) is 5.69 Å². The van der Waals surface area contributed by atoms with Crippen molar-refractivity contribution in [3.8, 4) is 5.69 Å². The van der Waals surface area contributed by atoms with Crippen LogP contribution in [-0.2, 0) is 0 Å². The average Bonchev–Trinajstić information content (AvgIpc) is 2.67. The summed E-state index contributed by atoms with van der Waals surface area (Å²) in [5.41, 5.74) is -0.379. The first-order valence-corrected chi connectivity index (χ1v) is 4.25. The third-order valence-corrected chi connectivity index (χ3v) is 1.87. The second-order valence-corrected chi connectivity index (χ2v) is 3.00. The standard InChI is InChI=1S/C8H6BF3N3.K/c10-9(11,12)8-6-15(14-13-8)7-4-2-1-3-5-7;/h1-6H;/q-1;+1. The molecule has 1 heterocycles. The van der Waals surface area contributed by atoms with E-state index in [4.69, 9.17) is 0 Å². The fourth-order valence-electron chi connectivity index (χ4n) is 1.13. The number of para-hydroxylation sites is 1. The van der Waals surface area contributed by atoms with E-state index >= 15 is 0 Å². The Morgan fingerprint density at radius 2 is 1.69 bits per heavy atom. The van der Waals surface area contributed by atoms with Crippen molar-refractivity contribution in [3.05, 3.63) is 36.5 Å². The number of halogens is 3. The van der Waals surface area contributed by atoms with Gasteiger partial charge in [-0.25, -0.2) is 4.68 Å². The third-order valence-electron chi connectivity index (χ3n) is 1.87. The van der Waals surface area contributed by atoms with Gasteiger partial charge in [-0.1, -0.05) is 23.4 Å². The largest absolute Gasteiger partial charge is 1.00 e. The molecule has 78 valence electrons. The maximum absolute atomic E-state index is 12.3. The van der Waals surface area contributed by atoms with Crippen LogP contribution in [0.1, 0.15) is 0 Å². The van der Waals surface area contributed by atoms with Crippen molar-refractivity contribution >= 4 is 12.6 Å². The van der Waals surface area contributed by atoms with E-state index in [2.05, 4.69) is 10.3 Å². The van der Waals surface area contributed by atoms with Gasteiger partial charge in [0.25, 0.3) is 0 Å². The van der Waals surface area contributed by atoms with Crippen LogP contribution in [0.15, 0.2) is 36.5 Å². The van der Waals surface area contributed by atoms with Gasteiger partial charge in [0.05, 0.1) is 5.69 Å². The molecule has 2 rings (SSSR count). The van der Waals surface area contributed by atoms with Crippen molar-refractivity contribution in [2.45, 2.75) is 0 Å². The van der Waals surface area contributed by atoms with Crippen LogP contribution in [0.3, 0.4) is 0 Å². The first kappa shape index (κ1) is 13.9. The topological polar surface area (TPSA) is 30.7 Å². The summed E-state index contributed by atoms with van der Waals surface area (Å²) in [5, 5.41) is 6.49. The van der Waals surface area contributed by atoms with Crippen LogP contribution in [0, 0.1) is 0 Å². The smallest absolute Gasteiger partial charge is 0.444 e. The minimum absolute atomic E-state index is 0. The molecule has 0 bridgehead atoms. The first-order valence-electron chi connectivity index (χ1n) is 4.25. The van der Waals surface area contributed by atoms with Gasteiger partial charge in [-0.15, -0.1) is 0 Å². The van der Waals surface area contributed by atoms with E-state index in [1.807, 2.05) is 0 Å². The van der Waals surface area contributed by atoms with Gasteiger partial charge in [-0.3, -0.25) is 0 Å². The van der Waals surface area contributed by atoms with Crippen LogP contribution >= 0.6 is 0 Å². The molecule has 0 atom stereocenters. The van der Waals surface area contributed by atoms with Crippen molar-refractivity contribution in [3.63, 3.8) is 0 Å². The van der Waals surface area contributed by atoms with Crippen LogP contribution in [0.2, 0.25) is 0 Å². The number of hydrogen-bond donors (Lipinski definition) is 0. The van der Waals surface area contributed by atoms with E-state index in [1.54, 1.807) is 30.3 Å². The van der Waals surface area contributed by atoms with Gasteiger partial charge in [0.2, 0.25) is 0 Å². The minimum Gasteiger partial charge on any atom is -0.444 e. The van der Waals surface area contributed by atoms with Gasteiger partial charge < -0.3 is 12.9 Å². The number of aromatic nitrogens is 3. The molecule has 0 amide bonds. The summed E-state index contributed by atoms with van der Waals surface area (Å²) in [6.45, 7) is -5.08. The second kappa shape index (κ2) is 5.46. The zero-order chi connectivity index (χ0) is 10.9. The molecule has 0 fully saturated rings. The normalized spacial score (nSPS) is 10.9. The number of rotatable bonds is 2. The van der Waals surface area contributed by atoms with Crippen LogP contribution in [0.4, 0.5) is 12.9 Å². The molecule has 0 radical (unpaired) electrons. The molecule has 16 heavy (non-hydrogen) atoms. The fourth-order valence-corrected chi connectivity index (χ4v) is 1.13. The number of hydrogen-bond acceptors (Lipinski definition) is 2. The van der Waals surface area contributed by atoms with E-state index in [-0.39, 0.29) is 51.4 Å². The van der Waals surface area contributed by atoms with Gasteiger partial charge in [0, 0.05) is 11.8 Å². The molecule has 0 N–H and O–H groups in total. The molecule has 0 aliphatic heterocycles. The third kappa shape index (κ3) is 3.17. The van der Waals surface area contributed by atoms with E-state index in [9.17, 15) is 12.9 Å². The molecule has 0 spiro atoms. The number of nitrogens with zero attached hydrogens (tertiary/aromatic N) is 3. The SMILES string of the molecule is F[B-](F)(F)c1cn(-c2ccccc2)nn1.[K+]. The zero-order valence-electron chi connectivity index (χ0n) is 8.52. The van der Waals surface area contributed by atoms with Crippen molar-refractivity contribution in [2.24, 2.45) is 0 Å². The Morgan fingerprint density at radius 1 is 1.06 bits per heavy atom. The zero-order valence-corrected chi connectivity index (χ0v) is 11.6. The molecular formula is C8H6BF3KN3. The minimum atomic E-state index is -5.08. The summed E-state index contributed by atoms with van der Waals surface area (Å²) in [7, 11) is 0. The van der Waals surface area contributed by atoms with Gasteiger partial charge in [-0.05, 0) is 12.1 Å². The van der Waals surface area contributed by atoms with Crippen molar-refractivity contribution in [1.82, 2.24) is 15.0 Å². The summed E-state index contributed by atoms with van der Waals surface area (Å²) in [6.07, 6.45) is 0.884. The Bertz CT molecular complexity index is 457. The summed E-state index contributed by atoms with van der Waals surface area (Å²) in [6, 6.07) is 8.52. The summed E-state index contributed by atoms with van der Waals surface area (Å²) >= 11 is 0. The number of benzene rings is 1. The van der Waals surface area contributed by atoms with Crippen LogP contribution < -0.4 is 57.0 Å². The van der Waals surface area contributed by atoms with Crippen LogP contribution in [-0.4, -0.2) is 22.0 Å². The predicted octanol–water partition coefficient (Wildman–Crippen LogP) is -1.67. The Kier molecular flexibility index (Phi) is 4.75. The summed E-state index contributed by atoms with van der Waals surface area (Å²) in [5.74, 6) is 0. The van der Waals surface area contributed by atoms with Gasteiger partial charge in [0.15, 0.2) is 0 Å². The monoisotopic (exact) mass is 251 g/mol.